The van der Waals surface area contributed by atoms with Gasteiger partial charge in [0.05, 0.1) is 18.3 Å². The summed E-state index contributed by atoms with van der Waals surface area (Å²) in [6.45, 7) is 19.9. The highest BCUT2D eigenvalue weighted by atomic mass is 16.5. The Morgan fingerprint density at radius 1 is 1.29 bits per heavy atom. The number of benzene rings is 1. The van der Waals surface area contributed by atoms with Gasteiger partial charge in [-0.25, -0.2) is 4.85 Å². The molecule has 0 unspecified atom stereocenters. The van der Waals surface area contributed by atoms with Gasteiger partial charge in [-0.1, -0.05) is 46.8 Å². The highest BCUT2D eigenvalue weighted by molar-refractivity contribution is 5.80. The number of hydrogen-bond donors (Lipinski definition) is 0. The first-order valence-electron chi connectivity index (χ1n) is 8.93. The molecule has 130 valence electrons. The van der Waals surface area contributed by atoms with Crippen LogP contribution in [0, 0.1) is 18.4 Å². The van der Waals surface area contributed by atoms with Crippen molar-refractivity contribution in [3.05, 3.63) is 35.2 Å². The van der Waals surface area contributed by atoms with Gasteiger partial charge in [-0.2, -0.15) is 4.99 Å². The van der Waals surface area contributed by atoms with E-state index in [9.17, 15) is 0 Å². The number of rotatable bonds is 6. The number of aliphatic imine (C=N–C) groups is 1. The molecule has 1 aromatic rings. The van der Waals surface area contributed by atoms with E-state index in [-0.39, 0.29) is 0 Å². The molecule has 1 saturated heterocycles. The van der Waals surface area contributed by atoms with E-state index in [1.54, 1.807) is 0 Å². The molecule has 1 aliphatic heterocycles. The molecule has 0 radical (unpaired) electrons. The van der Waals surface area contributed by atoms with Crippen LogP contribution in [0.25, 0.3) is 4.85 Å². The highest BCUT2D eigenvalue weighted by Crippen LogP contribution is 2.28. The summed E-state index contributed by atoms with van der Waals surface area (Å²) in [6.07, 6.45) is 1.97. The Bertz CT molecular complexity index is 628. The molecule has 2 rings (SSSR count). The average Bonchev–Trinajstić information content (AvgIpc) is 2.88. The van der Waals surface area contributed by atoms with E-state index in [1.807, 2.05) is 18.2 Å². The fourth-order valence-electron chi connectivity index (χ4n) is 3.09. The lowest BCUT2D eigenvalue weighted by Crippen LogP contribution is -2.37. The minimum atomic E-state index is 0.402. The minimum absolute atomic E-state index is 0.402. The van der Waals surface area contributed by atoms with Crippen molar-refractivity contribution in [2.45, 2.75) is 53.5 Å². The molecule has 1 heterocycles. The van der Waals surface area contributed by atoms with Crippen LogP contribution in [0.3, 0.4) is 0 Å². The van der Waals surface area contributed by atoms with Crippen LogP contribution in [0.15, 0.2) is 23.2 Å². The van der Waals surface area contributed by atoms with Crippen molar-refractivity contribution >= 4 is 17.4 Å². The summed E-state index contributed by atoms with van der Waals surface area (Å²) in [6, 6.07) is 6.84. The molecule has 0 saturated carbocycles. The Morgan fingerprint density at radius 2 is 2.04 bits per heavy atom. The third-order valence-electron chi connectivity index (χ3n) is 4.19. The maximum atomic E-state index is 7.17. The minimum Gasteiger partial charge on any atom is -0.463 e. The van der Waals surface area contributed by atoms with E-state index >= 15 is 0 Å². The molecular formula is C20H29N3O. The van der Waals surface area contributed by atoms with Gasteiger partial charge in [-0.15, -0.1) is 0 Å². The second-order valence-electron chi connectivity index (χ2n) is 7.31. The smallest absolute Gasteiger partial charge is 0.293 e. The molecule has 1 fully saturated rings. The standard InChI is InChI=1S/C20H29N3O/c1-7-16-11-17(21-6)8-9-19(16)22-20-23(12-15(4)5)18(13-24-20)10-14(2)3/h8-9,11,14-15,18H,7,10,12-13H2,1-5H3/t18-/m0/s1. The highest BCUT2D eigenvalue weighted by Gasteiger charge is 2.32. The molecule has 0 bridgehead atoms. The summed E-state index contributed by atoms with van der Waals surface area (Å²) in [5.74, 6) is 1.19. The van der Waals surface area contributed by atoms with Gasteiger partial charge < -0.3 is 9.64 Å². The second-order valence-corrected chi connectivity index (χ2v) is 7.31. The second kappa shape index (κ2) is 8.19. The molecule has 0 spiro atoms. The zero-order chi connectivity index (χ0) is 17.7. The van der Waals surface area contributed by atoms with Crippen LogP contribution in [0.1, 0.15) is 46.6 Å². The summed E-state index contributed by atoms with van der Waals surface area (Å²) in [7, 11) is 0. The van der Waals surface area contributed by atoms with Crippen LogP contribution in [0.4, 0.5) is 11.4 Å². The number of amidine groups is 1. The van der Waals surface area contributed by atoms with Gasteiger partial charge in [-0.3, -0.25) is 0 Å². The zero-order valence-electron chi connectivity index (χ0n) is 15.5. The first-order chi connectivity index (χ1) is 11.4. The third kappa shape index (κ3) is 4.50. The predicted molar refractivity (Wildman–Crippen MR) is 99.9 cm³/mol. The Hall–Kier alpha value is -2.02. The van der Waals surface area contributed by atoms with Crippen LogP contribution >= 0.6 is 0 Å². The predicted octanol–water partition coefficient (Wildman–Crippen LogP) is 5.19. The van der Waals surface area contributed by atoms with Crippen LogP contribution in [-0.2, 0) is 11.2 Å². The Labute approximate surface area is 146 Å². The molecule has 24 heavy (non-hydrogen) atoms. The van der Waals surface area contributed by atoms with Gasteiger partial charge in [-0.05, 0) is 36.3 Å². The number of nitrogens with zero attached hydrogens (tertiary/aromatic N) is 3. The fourth-order valence-corrected chi connectivity index (χ4v) is 3.09. The summed E-state index contributed by atoms with van der Waals surface area (Å²) in [5.41, 5.74) is 2.68. The van der Waals surface area contributed by atoms with E-state index in [0.29, 0.717) is 30.2 Å². The molecule has 4 heteroatoms. The molecular weight excluding hydrogens is 298 g/mol. The number of aryl methyl sites for hydroxylation is 1. The lowest BCUT2D eigenvalue weighted by molar-refractivity contribution is 0.261. The molecule has 1 aliphatic rings. The first-order valence-corrected chi connectivity index (χ1v) is 8.93. The molecule has 0 aliphatic carbocycles. The van der Waals surface area contributed by atoms with Crippen molar-refractivity contribution in [1.29, 1.82) is 0 Å². The number of hydrogen-bond acceptors (Lipinski definition) is 2. The number of ether oxygens (including phenoxy) is 1. The molecule has 0 amide bonds. The molecule has 1 aromatic carbocycles. The topological polar surface area (TPSA) is 29.2 Å². The fraction of sp³-hybridized carbons (Fsp3) is 0.600. The average molecular weight is 327 g/mol. The summed E-state index contributed by atoms with van der Waals surface area (Å²) in [5, 5.41) is 0. The van der Waals surface area contributed by atoms with Crippen molar-refractivity contribution in [3.8, 4) is 0 Å². The van der Waals surface area contributed by atoms with Crippen LogP contribution in [-0.4, -0.2) is 30.1 Å². The Morgan fingerprint density at radius 3 is 2.62 bits per heavy atom. The van der Waals surface area contributed by atoms with E-state index < -0.39 is 0 Å². The van der Waals surface area contributed by atoms with E-state index in [2.05, 4.69) is 44.4 Å². The SMILES string of the molecule is [C-]#[N+]c1ccc(N=C2OC[C@H](CC(C)C)N2CC(C)C)c(CC)c1. The van der Waals surface area contributed by atoms with Crippen molar-refractivity contribution in [1.82, 2.24) is 4.90 Å². The van der Waals surface area contributed by atoms with E-state index in [1.165, 1.54) is 0 Å². The quantitative estimate of drug-likeness (QED) is 0.673. The van der Waals surface area contributed by atoms with Gasteiger partial charge >= 0.3 is 0 Å². The van der Waals surface area contributed by atoms with Crippen molar-refractivity contribution < 1.29 is 4.74 Å². The Balaban J connectivity index is 2.31. The summed E-state index contributed by atoms with van der Waals surface area (Å²) < 4.78 is 5.96. The maximum Gasteiger partial charge on any atom is 0.293 e. The molecule has 1 atom stereocenters. The van der Waals surface area contributed by atoms with Crippen molar-refractivity contribution in [2.75, 3.05) is 13.2 Å². The third-order valence-corrected chi connectivity index (χ3v) is 4.19. The van der Waals surface area contributed by atoms with Gasteiger partial charge in [0.1, 0.15) is 6.61 Å². The normalized spacial score (nSPS) is 19.2. The van der Waals surface area contributed by atoms with Gasteiger partial charge in [0, 0.05) is 6.54 Å². The van der Waals surface area contributed by atoms with Crippen LogP contribution < -0.4 is 0 Å². The van der Waals surface area contributed by atoms with Gasteiger partial charge in [0.25, 0.3) is 6.02 Å². The zero-order valence-corrected chi connectivity index (χ0v) is 15.5. The lowest BCUT2D eigenvalue weighted by Gasteiger charge is -2.26. The first kappa shape index (κ1) is 18.3. The molecule has 0 aromatic heterocycles. The molecule has 0 N–H and O–H groups in total. The monoisotopic (exact) mass is 327 g/mol. The summed E-state index contributed by atoms with van der Waals surface area (Å²) in [4.78, 5) is 10.7. The van der Waals surface area contributed by atoms with Gasteiger partial charge in [0.15, 0.2) is 5.69 Å². The maximum absolute atomic E-state index is 7.17. The van der Waals surface area contributed by atoms with E-state index in [4.69, 9.17) is 16.3 Å². The summed E-state index contributed by atoms with van der Waals surface area (Å²) >= 11 is 0. The largest absolute Gasteiger partial charge is 0.463 e. The van der Waals surface area contributed by atoms with E-state index in [0.717, 1.165) is 36.7 Å². The van der Waals surface area contributed by atoms with Crippen LogP contribution in [0.2, 0.25) is 0 Å². The van der Waals surface area contributed by atoms with Crippen molar-refractivity contribution in [2.24, 2.45) is 16.8 Å². The van der Waals surface area contributed by atoms with Gasteiger partial charge in [0.2, 0.25) is 0 Å². The Kier molecular flexibility index (Phi) is 6.25. The molecule has 4 nitrogen and oxygen atoms in total. The van der Waals surface area contributed by atoms with Crippen LogP contribution in [0.5, 0.6) is 0 Å². The van der Waals surface area contributed by atoms with Crippen molar-refractivity contribution in [3.63, 3.8) is 0 Å². The lowest BCUT2D eigenvalue weighted by atomic mass is 10.0.